The zero-order valence-corrected chi connectivity index (χ0v) is 13.6. The van der Waals surface area contributed by atoms with Gasteiger partial charge in [-0.25, -0.2) is 0 Å². The van der Waals surface area contributed by atoms with Crippen LogP contribution in [-0.4, -0.2) is 57.8 Å². The molecule has 3 fully saturated rings. The maximum absolute atomic E-state index is 13.0. The van der Waals surface area contributed by atoms with Crippen molar-refractivity contribution in [2.75, 3.05) is 24.7 Å². The number of carbonyl (C=O) groups is 1. The summed E-state index contributed by atoms with van der Waals surface area (Å²) in [4.78, 5) is 15.0. The second-order valence-corrected chi connectivity index (χ2v) is 7.74. The van der Waals surface area contributed by atoms with E-state index in [-0.39, 0.29) is 12.0 Å². The number of nitrogens with one attached hydrogen (secondary N) is 1. The first-order valence-corrected chi connectivity index (χ1v) is 9.52. The largest absolute Gasteiger partial charge is 0.376 e. The molecule has 0 radical (unpaired) electrons. The van der Waals surface area contributed by atoms with Crippen molar-refractivity contribution < 1.29 is 9.53 Å². The summed E-state index contributed by atoms with van der Waals surface area (Å²) in [7, 11) is 0. The minimum Gasteiger partial charge on any atom is -0.376 e. The number of rotatable bonds is 5. The number of thioether (sulfide) groups is 1. The molecule has 1 aliphatic carbocycles. The van der Waals surface area contributed by atoms with Gasteiger partial charge in [0.25, 0.3) is 5.91 Å². The highest BCUT2D eigenvalue weighted by atomic mass is 32.2. The fourth-order valence-electron chi connectivity index (χ4n) is 3.37. The highest BCUT2D eigenvalue weighted by Crippen LogP contribution is 2.39. The maximum atomic E-state index is 13.0. The number of amides is 1. The summed E-state index contributed by atoms with van der Waals surface area (Å²) < 4.78 is 5.75. The van der Waals surface area contributed by atoms with Gasteiger partial charge in [-0.2, -0.15) is 16.9 Å². The predicted molar refractivity (Wildman–Crippen MR) is 86.3 cm³/mol. The van der Waals surface area contributed by atoms with Crippen molar-refractivity contribution in [2.24, 2.45) is 0 Å². The van der Waals surface area contributed by atoms with Gasteiger partial charge in [-0.05, 0) is 43.9 Å². The number of nitrogens with zero attached hydrogens (tertiary/aromatic N) is 2. The molecule has 4 rings (SSSR count). The fourth-order valence-corrected chi connectivity index (χ4v) is 4.59. The van der Waals surface area contributed by atoms with E-state index in [0.717, 1.165) is 49.6 Å². The van der Waals surface area contributed by atoms with Crippen LogP contribution < -0.4 is 0 Å². The van der Waals surface area contributed by atoms with Gasteiger partial charge in [0.15, 0.2) is 0 Å². The average molecular weight is 321 g/mol. The quantitative estimate of drug-likeness (QED) is 0.905. The topological polar surface area (TPSA) is 58.2 Å². The molecule has 120 valence electrons. The van der Waals surface area contributed by atoms with Crippen molar-refractivity contribution >= 4 is 17.7 Å². The van der Waals surface area contributed by atoms with Crippen LogP contribution in [0.3, 0.4) is 0 Å². The van der Waals surface area contributed by atoms with Gasteiger partial charge in [-0.3, -0.25) is 9.89 Å². The van der Waals surface area contributed by atoms with E-state index in [0.29, 0.717) is 17.7 Å². The van der Waals surface area contributed by atoms with Crippen molar-refractivity contribution in [3.63, 3.8) is 0 Å². The smallest absolute Gasteiger partial charge is 0.274 e. The fraction of sp³-hybridized carbons (Fsp3) is 0.750. The zero-order chi connectivity index (χ0) is 14.9. The highest BCUT2D eigenvalue weighted by molar-refractivity contribution is 7.99. The number of H-pyrrole nitrogens is 1. The number of aromatic nitrogens is 2. The van der Waals surface area contributed by atoms with Crippen LogP contribution in [-0.2, 0) is 4.74 Å². The van der Waals surface area contributed by atoms with Crippen LogP contribution in [0, 0.1) is 0 Å². The number of hydrogen-bond donors (Lipinski definition) is 1. The Morgan fingerprint density at radius 3 is 3.00 bits per heavy atom. The van der Waals surface area contributed by atoms with Crippen molar-refractivity contribution in [1.29, 1.82) is 0 Å². The van der Waals surface area contributed by atoms with Gasteiger partial charge in [0.1, 0.15) is 5.69 Å². The Hall–Kier alpha value is -1.01. The first-order chi connectivity index (χ1) is 10.8. The molecule has 0 spiro atoms. The molecule has 0 bridgehead atoms. The third-order valence-electron chi connectivity index (χ3n) is 4.87. The Labute approximate surface area is 135 Å². The summed E-state index contributed by atoms with van der Waals surface area (Å²) >= 11 is 1.94. The van der Waals surface area contributed by atoms with Crippen LogP contribution in [0.5, 0.6) is 0 Å². The van der Waals surface area contributed by atoms with Crippen molar-refractivity contribution in [1.82, 2.24) is 15.1 Å². The standard InChI is InChI=1S/C16H23N3O2S/c20-16(15-8-14(17-18-15)11-3-4-11)19(12-5-7-22-10-12)9-13-2-1-6-21-13/h8,11-13H,1-7,9-10H2,(H,17,18)/t12-,13+/m1/s1. The van der Waals surface area contributed by atoms with Crippen LogP contribution in [0.2, 0.25) is 0 Å². The van der Waals surface area contributed by atoms with Gasteiger partial charge in [-0.15, -0.1) is 0 Å². The summed E-state index contributed by atoms with van der Waals surface area (Å²) in [6.45, 7) is 1.55. The van der Waals surface area contributed by atoms with E-state index in [1.165, 1.54) is 12.8 Å². The second kappa shape index (κ2) is 6.24. The van der Waals surface area contributed by atoms with Gasteiger partial charge in [0.2, 0.25) is 0 Å². The third kappa shape index (κ3) is 3.04. The molecule has 0 unspecified atom stereocenters. The molecular formula is C16H23N3O2S. The van der Waals surface area contributed by atoms with Crippen LogP contribution in [0.4, 0.5) is 0 Å². The summed E-state index contributed by atoms with van der Waals surface area (Å²) in [5, 5.41) is 7.33. The Bertz CT molecular complexity index is 531. The van der Waals surface area contributed by atoms with Gasteiger partial charge >= 0.3 is 0 Å². The van der Waals surface area contributed by atoms with E-state index in [9.17, 15) is 4.79 Å². The van der Waals surface area contributed by atoms with E-state index >= 15 is 0 Å². The molecule has 1 aromatic heterocycles. The molecule has 2 saturated heterocycles. The number of aromatic amines is 1. The van der Waals surface area contributed by atoms with Crippen molar-refractivity contribution in [2.45, 2.75) is 50.2 Å². The molecule has 1 amide bonds. The highest BCUT2D eigenvalue weighted by Gasteiger charge is 2.33. The summed E-state index contributed by atoms with van der Waals surface area (Å²) in [6.07, 6.45) is 5.90. The Morgan fingerprint density at radius 2 is 2.32 bits per heavy atom. The van der Waals surface area contributed by atoms with E-state index in [4.69, 9.17) is 4.74 Å². The Kier molecular flexibility index (Phi) is 4.13. The minimum atomic E-state index is 0.0751. The summed E-state index contributed by atoms with van der Waals surface area (Å²) in [6, 6.07) is 2.30. The first-order valence-electron chi connectivity index (χ1n) is 8.37. The molecule has 6 heteroatoms. The minimum absolute atomic E-state index is 0.0751. The molecule has 1 aromatic rings. The molecule has 0 aromatic carbocycles. The molecule has 3 aliphatic rings. The number of carbonyl (C=O) groups excluding carboxylic acids is 1. The van der Waals surface area contributed by atoms with Gasteiger partial charge < -0.3 is 9.64 Å². The lowest BCUT2D eigenvalue weighted by Crippen LogP contribution is -2.44. The van der Waals surface area contributed by atoms with Gasteiger partial charge in [-0.1, -0.05) is 0 Å². The van der Waals surface area contributed by atoms with Crippen molar-refractivity contribution in [3.05, 3.63) is 17.5 Å². The monoisotopic (exact) mass is 321 g/mol. The molecular weight excluding hydrogens is 298 g/mol. The zero-order valence-electron chi connectivity index (χ0n) is 12.8. The number of ether oxygens (including phenoxy) is 1. The van der Waals surface area contributed by atoms with Gasteiger partial charge in [0, 0.05) is 36.6 Å². The summed E-state index contributed by atoms with van der Waals surface area (Å²) in [5.41, 5.74) is 1.71. The molecule has 2 atom stereocenters. The SMILES string of the molecule is O=C(c1cc(C2CC2)[nH]n1)N(C[C@@H]1CCCO1)[C@@H]1CCSC1. The average Bonchev–Trinajstić information content (AvgIpc) is 3.02. The Balaban J connectivity index is 1.50. The second-order valence-electron chi connectivity index (χ2n) is 6.59. The lowest BCUT2D eigenvalue weighted by molar-refractivity contribution is 0.0437. The van der Waals surface area contributed by atoms with Crippen LogP contribution in [0.25, 0.3) is 0 Å². The van der Waals surface area contributed by atoms with E-state index in [2.05, 4.69) is 10.2 Å². The molecule has 5 nitrogen and oxygen atoms in total. The van der Waals surface area contributed by atoms with E-state index < -0.39 is 0 Å². The van der Waals surface area contributed by atoms with E-state index in [1.54, 1.807) is 0 Å². The van der Waals surface area contributed by atoms with Gasteiger partial charge in [0.05, 0.1) is 6.10 Å². The molecule has 3 heterocycles. The first kappa shape index (κ1) is 14.6. The normalized spacial score (nSPS) is 28.2. The van der Waals surface area contributed by atoms with Crippen LogP contribution >= 0.6 is 11.8 Å². The predicted octanol–water partition coefficient (Wildman–Crippen LogP) is 2.41. The molecule has 1 N–H and O–H groups in total. The molecule has 22 heavy (non-hydrogen) atoms. The van der Waals surface area contributed by atoms with Crippen LogP contribution in [0.15, 0.2) is 6.07 Å². The Morgan fingerprint density at radius 1 is 1.41 bits per heavy atom. The summed E-state index contributed by atoms with van der Waals surface area (Å²) in [5.74, 6) is 2.86. The third-order valence-corrected chi connectivity index (χ3v) is 6.01. The molecule has 1 saturated carbocycles. The number of hydrogen-bond acceptors (Lipinski definition) is 4. The molecule has 2 aliphatic heterocycles. The lowest BCUT2D eigenvalue weighted by atomic mass is 10.1. The lowest BCUT2D eigenvalue weighted by Gasteiger charge is -2.30. The van der Waals surface area contributed by atoms with Crippen molar-refractivity contribution in [3.8, 4) is 0 Å². The maximum Gasteiger partial charge on any atom is 0.274 e. The van der Waals surface area contributed by atoms with Crippen LogP contribution in [0.1, 0.15) is 54.2 Å². The van der Waals surface area contributed by atoms with E-state index in [1.807, 2.05) is 22.7 Å².